The number of rotatable bonds is 3. The zero-order valence-corrected chi connectivity index (χ0v) is 15.9. The van der Waals surface area contributed by atoms with Gasteiger partial charge in [-0.05, 0) is 43.3 Å². The van der Waals surface area contributed by atoms with Crippen LogP contribution in [-0.4, -0.2) is 35.6 Å². The molecule has 7 nitrogen and oxygen atoms in total. The Labute approximate surface area is 163 Å². The third-order valence-electron chi connectivity index (χ3n) is 4.57. The van der Waals surface area contributed by atoms with Gasteiger partial charge in [0.25, 0.3) is 10.0 Å². The highest BCUT2D eigenvalue weighted by Crippen LogP contribution is 2.32. The molecule has 0 radical (unpaired) electrons. The van der Waals surface area contributed by atoms with Gasteiger partial charge in [0.15, 0.2) is 0 Å². The van der Waals surface area contributed by atoms with E-state index in [2.05, 4.69) is 16.9 Å². The topological polar surface area (TPSA) is 108 Å². The summed E-state index contributed by atoms with van der Waals surface area (Å²) in [6, 6.07) is 11.6. The molecule has 4 rings (SSSR count). The highest BCUT2D eigenvalue weighted by atomic mass is 32.2. The van der Waals surface area contributed by atoms with Crippen LogP contribution in [0.2, 0.25) is 0 Å². The van der Waals surface area contributed by atoms with Crippen LogP contribution in [0.5, 0.6) is 0 Å². The lowest BCUT2D eigenvalue weighted by atomic mass is 10.0. The smallest absolute Gasteiger partial charge is 0.268 e. The molecule has 1 atom stereocenters. The Morgan fingerprint density at radius 2 is 2.14 bits per heavy atom. The fourth-order valence-corrected chi connectivity index (χ4v) is 4.72. The molecule has 2 aromatic heterocycles. The van der Waals surface area contributed by atoms with Crippen molar-refractivity contribution in [2.24, 2.45) is 0 Å². The Bertz CT molecular complexity index is 1140. The maximum atomic E-state index is 13.2. The Morgan fingerprint density at radius 3 is 2.82 bits per heavy atom. The minimum atomic E-state index is -3.80. The van der Waals surface area contributed by atoms with E-state index in [1.165, 1.54) is 16.1 Å². The molecule has 8 heteroatoms. The second kappa shape index (κ2) is 8.25. The van der Waals surface area contributed by atoms with Crippen LogP contribution in [0, 0.1) is 11.3 Å². The van der Waals surface area contributed by atoms with Crippen LogP contribution in [0.4, 0.5) is 0 Å². The van der Waals surface area contributed by atoms with Crippen molar-refractivity contribution in [1.82, 2.24) is 14.3 Å². The number of aliphatic hydroxyl groups is 1. The summed E-state index contributed by atoms with van der Waals surface area (Å²) < 4.78 is 27.6. The zero-order chi connectivity index (χ0) is 20.1. The van der Waals surface area contributed by atoms with Crippen molar-refractivity contribution in [3.8, 4) is 6.07 Å². The highest BCUT2D eigenvalue weighted by molar-refractivity contribution is 7.90. The lowest BCUT2D eigenvalue weighted by molar-refractivity contribution is 0.476. The first-order chi connectivity index (χ1) is 13.5. The molecule has 144 valence electrons. The van der Waals surface area contributed by atoms with E-state index < -0.39 is 10.0 Å². The Kier molecular flexibility index (Phi) is 5.78. The van der Waals surface area contributed by atoms with Gasteiger partial charge in [-0.3, -0.25) is 4.98 Å². The number of hydrogen-bond donors (Lipinski definition) is 2. The predicted octanol–water partition coefficient (Wildman–Crippen LogP) is 2.91. The van der Waals surface area contributed by atoms with Crippen LogP contribution in [0.3, 0.4) is 0 Å². The molecule has 1 aliphatic rings. The van der Waals surface area contributed by atoms with Crippen LogP contribution in [0.1, 0.15) is 23.5 Å². The van der Waals surface area contributed by atoms with Gasteiger partial charge in [0.2, 0.25) is 0 Å². The number of pyridine rings is 1. The van der Waals surface area contributed by atoms with Crippen LogP contribution < -0.4 is 5.32 Å². The third kappa shape index (κ3) is 3.63. The summed E-state index contributed by atoms with van der Waals surface area (Å²) in [5, 5.41) is 19.7. The molecule has 1 aromatic carbocycles. The number of aliphatic hydroxyl groups excluding tert-OH is 1. The first-order valence-corrected chi connectivity index (χ1v) is 10.1. The van der Waals surface area contributed by atoms with Crippen molar-refractivity contribution in [3.63, 3.8) is 0 Å². The number of nitriles is 1. The van der Waals surface area contributed by atoms with Gasteiger partial charge in [-0.15, -0.1) is 0 Å². The minimum absolute atomic E-state index is 0.100. The summed E-state index contributed by atoms with van der Waals surface area (Å²) >= 11 is 0. The molecule has 0 bridgehead atoms. The van der Waals surface area contributed by atoms with E-state index in [0.717, 1.165) is 36.9 Å². The van der Waals surface area contributed by atoms with Gasteiger partial charge >= 0.3 is 0 Å². The lowest BCUT2D eigenvalue weighted by Crippen LogP contribution is -2.12. The van der Waals surface area contributed by atoms with Crippen LogP contribution >= 0.6 is 0 Å². The molecule has 1 saturated heterocycles. The molecule has 0 spiro atoms. The largest absolute Gasteiger partial charge is 0.516 e. The van der Waals surface area contributed by atoms with Gasteiger partial charge < -0.3 is 10.4 Å². The quantitative estimate of drug-likeness (QED) is 0.659. The van der Waals surface area contributed by atoms with Crippen molar-refractivity contribution in [2.75, 3.05) is 13.1 Å². The molecule has 3 heterocycles. The Balaban J connectivity index is 0.000000706. The third-order valence-corrected chi connectivity index (χ3v) is 6.24. The number of fused-ring (bicyclic) bond motifs is 1. The molecular formula is C20H20N4O3S. The molecule has 3 aromatic rings. The fourth-order valence-electron chi connectivity index (χ4n) is 3.31. The lowest BCUT2D eigenvalue weighted by Gasteiger charge is -2.07. The fraction of sp³-hybridized carbons (Fsp3) is 0.200. The highest BCUT2D eigenvalue weighted by Gasteiger charge is 2.26. The molecule has 0 saturated carbocycles. The summed E-state index contributed by atoms with van der Waals surface area (Å²) in [5.74, 6) is 0.249. The number of nitrogens with one attached hydrogen (secondary N) is 1. The molecule has 1 fully saturated rings. The monoisotopic (exact) mass is 396 g/mol. The second-order valence-corrected chi connectivity index (χ2v) is 8.08. The molecule has 1 aliphatic heterocycles. The summed E-state index contributed by atoms with van der Waals surface area (Å²) in [6.07, 6.45) is 5.07. The maximum Gasteiger partial charge on any atom is 0.268 e. The molecule has 0 amide bonds. The van der Waals surface area contributed by atoms with Gasteiger partial charge in [0.05, 0.1) is 33.8 Å². The van der Waals surface area contributed by atoms with E-state index in [1.807, 2.05) is 6.07 Å². The normalized spacial score (nSPS) is 16.2. The number of benzene rings is 1. The minimum Gasteiger partial charge on any atom is -0.516 e. The van der Waals surface area contributed by atoms with E-state index in [4.69, 9.17) is 10.4 Å². The average Bonchev–Trinajstić information content (AvgIpc) is 3.36. The van der Waals surface area contributed by atoms with E-state index >= 15 is 0 Å². The van der Waals surface area contributed by atoms with Crippen LogP contribution in [0.15, 0.2) is 66.5 Å². The van der Waals surface area contributed by atoms with E-state index in [1.54, 1.807) is 36.7 Å². The van der Waals surface area contributed by atoms with Crippen molar-refractivity contribution >= 4 is 21.1 Å². The van der Waals surface area contributed by atoms with Crippen molar-refractivity contribution in [3.05, 3.63) is 72.8 Å². The Morgan fingerprint density at radius 1 is 1.36 bits per heavy atom. The maximum absolute atomic E-state index is 13.2. The average molecular weight is 396 g/mol. The number of hydrogen-bond acceptors (Lipinski definition) is 6. The summed E-state index contributed by atoms with van der Waals surface area (Å²) in [6.45, 7) is 4.65. The standard InChI is InChI=1S/C18H16N4O2S.C2H4O/c19-10-13-3-1-4-15(9-13)25(23,24)22-12-16(14-6-8-20-11-14)18-17(22)5-2-7-21-18;1-2-3/h1-5,7,9,12,14,20H,6,8,11H2;2-3H,1H2/t14-;/m0./s1. The number of aromatic nitrogens is 2. The molecular weight excluding hydrogens is 376 g/mol. The molecule has 0 unspecified atom stereocenters. The van der Waals surface area contributed by atoms with E-state index in [-0.39, 0.29) is 10.8 Å². The van der Waals surface area contributed by atoms with Gasteiger partial charge in [0.1, 0.15) is 0 Å². The van der Waals surface area contributed by atoms with Gasteiger partial charge in [0, 0.05) is 30.4 Å². The summed E-state index contributed by atoms with van der Waals surface area (Å²) in [5.41, 5.74) is 2.54. The van der Waals surface area contributed by atoms with Crippen LogP contribution in [-0.2, 0) is 10.0 Å². The van der Waals surface area contributed by atoms with E-state index in [0.29, 0.717) is 11.1 Å². The predicted molar refractivity (Wildman–Crippen MR) is 107 cm³/mol. The van der Waals surface area contributed by atoms with Gasteiger partial charge in [-0.1, -0.05) is 12.6 Å². The SMILES string of the molecule is C=CO.N#Cc1cccc(S(=O)(=O)n2cc([C@H]3CCNC3)c3ncccc32)c1. The summed E-state index contributed by atoms with van der Waals surface area (Å²) in [7, 11) is -3.80. The van der Waals surface area contributed by atoms with Crippen LogP contribution in [0.25, 0.3) is 11.0 Å². The van der Waals surface area contributed by atoms with Crippen molar-refractivity contribution in [1.29, 1.82) is 5.26 Å². The van der Waals surface area contributed by atoms with E-state index in [9.17, 15) is 8.42 Å². The second-order valence-electron chi connectivity index (χ2n) is 6.27. The summed E-state index contributed by atoms with van der Waals surface area (Å²) in [4.78, 5) is 4.52. The molecule has 2 N–H and O–H groups in total. The van der Waals surface area contributed by atoms with Crippen molar-refractivity contribution in [2.45, 2.75) is 17.2 Å². The van der Waals surface area contributed by atoms with Crippen molar-refractivity contribution < 1.29 is 13.5 Å². The first-order valence-electron chi connectivity index (χ1n) is 8.70. The first kappa shape index (κ1) is 19.6. The number of nitrogens with zero attached hydrogens (tertiary/aromatic N) is 3. The zero-order valence-electron chi connectivity index (χ0n) is 15.1. The molecule has 0 aliphatic carbocycles. The molecule has 28 heavy (non-hydrogen) atoms. The van der Waals surface area contributed by atoms with Gasteiger partial charge in [-0.25, -0.2) is 12.4 Å². The Hall–Kier alpha value is -3.15. The van der Waals surface area contributed by atoms with Gasteiger partial charge in [-0.2, -0.15) is 5.26 Å².